The number of benzene rings is 1. The van der Waals surface area contributed by atoms with Gasteiger partial charge >= 0.3 is 0 Å². The molecule has 3 heterocycles. The lowest BCUT2D eigenvalue weighted by atomic mass is 10.1. The number of anilines is 1. The molecule has 0 bridgehead atoms. The summed E-state index contributed by atoms with van der Waals surface area (Å²) in [5, 5.41) is 8.50. The van der Waals surface area contributed by atoms with E-state index < -0.39 is 11.9 Å². The third kappa shape index (κ3) is 3.46. The summed E-state index contributed by atoms with van der Waals surface area (Å²) in [4.78, 5) is 12.8. The van der Waals surface area contributed by atoms with Gasteiger partial charge in [0.2, 0.25) is 0 Å². The lowest BCUT2D eigenvalue weighted by Crippen LogP contribution is -2.32. The van der Waals surface area contributed by atoms with E-state index in [9.17, 15) is 9.18 Å². The predicted octanol–water partition coefficient (Wildman–Crippen LogP) is 4.45. The van der Waals surface area contributed by atoms with Crippen LogP contribution in [0.3, 0.4) is 0 Å². The molecule has 0 saturated heterocycles. The summed E-state index contributed by atoms with van der Waals surface area (Å²) in [7, 11) is 0. The van der Waals surface area contributed by atoms with Crippen molar-refractivity contribution in [2.75, 3.05) is 11.9 Å². The maximum atomic E-state index is 14.0. The number of nitrogens with one attached hydrogen (secondary N) is 1. The van der Waals surface area contributed by atoms with Gasteiger partial charge in [0, 0.05) is 6.42 Å². The Labute approximate surface area is 159 Å². The molecular formula is C19H15ClFN3O3. The Bertz CT molecular complexity index is 970. The Morgan fingerprint density at radius 1 is 1.22 bits per heavy atom. The maximum absolute atomic E-state index is 14.0. The van der Waals surface area contributed by atoms with Crippen molar-refractivity contribution in [1.29, 1.82) is 0 Å². The number of hydrazone groups is 1. The monoisotopic (exact) mass is 387 g/mol. The zero-order valence-corrected chi connectivity index (χ0v) is 14.8. The molecule has 1 aromatic carbocycles. The molecular weight excluding hydrogens is 373 g/mol. The molecule has 1 aliphatic heterocycles. The molecule has 0 saturated carbocycles. The molecule has 0 radical (unpaired) electrons. The van der Waals surface area contributed by atoms with Crippen LogP contribution in [0.1, 0.15) is 24.0 Å². The van der Waals surface area contributed by atoms with Gasteiger partial charge in [-0.3, -0.25) is 4.79 Å². The van der Waals surface area contributed by atoms with Crippen molar-refractivity contribution in [1.82, 2.24) is 5.01 Å². The first-order valence-corrected chi connectivity index (χ1v) is 8.66. The van der Waals surface area contributed by atoms with Crippen molar-refractivity contribution in [3.8, 4) is 0 Å². The Hall–Kier alpha value is -3.06. The first-order chi connectivity index (χ1) is 13.1. The fourth-order valence-electron chi connectivity index (χ4n) is 2.93. The number of rotatable bonds is 5. The van der Waals surface area contributed by atoms with E-state index in [-0.39, 0.29) is 23.2 Å². The van der Waals surface area contributed by atoms with E-state index in [1.54, 1.807) is 42.9 Å². The molecule has 1 aliphatic rings. The third-order valence-corrected chi connectivity index (χ3v) is 4.52. The first-order valence-electron chi connectivity index (χ1n) is 8.28. The molecule has 1 N–H and O–H groups in total. The van der Waals surface area contributed by atoms with Crippen molar-refractivity contribution in [3.63, 3.8) is 0 Å². The van der Waals surface area contributed by atoms with Crippen LogP contribution >= 0.6 is 11.6 Å². The van der Waals surface area contributed by atoms with Gasteiger partial charge in [-0.25, -0.2) is 9.40 Å². The van der Waals surface area contributed by atoms with Gasteiger partial charge < -0.3 is 14.2 Å². The topological polar surface area (TPSA) is 71.0 Å². The predicted molar refractivity (Wildman–Crippen MR) is 98.1 cm³/mol. The van der Waals surface area contributed by atoms with E-state index in [0.717, 1.165) is 0 Å². The van der Waals surface area contributed by atoms with Crippen molar-refractivity contribution >= 4 is 28.9 Å². The summed E-state index contributed by atoms with van der Waals surface area (Å²) in [6.45, 7) is -0.149. The molecule has 0 unspecified atom stereocenters. The van der Waals surface area contributed by atoms with Gasteiger partial charge in [-0.2, -0.15) is 5.10 Å². The number of amides is 1. The van der Waals surface area contributed by atoms with Crippen LogP contribution in [0.25, 0.3) is 0 Å². The molecule has 6 nitrogen and oxygen atoms in total. The van der Waals surface area contributed by atoms with E-state index in [4.69, 9.17) is 20.4 Å². The average molecular weight is 388 g/mol. The second-order valence-electron chi connectivity index (χ2n) is 5.95. The quantitative estimate of drug-likeness (QED) is 0.701. The van der Waals surface area contributed by atoms with Crippen LogP contribution in [0.4, 0.5) is 10.1 Å². The third-order valence-electron chi connectivity index (χ3n) is 4.22. The summed E-state index contributed by atoms with van der Waals surface area (Å²) in [5.41, 5.74) is 0.795. The molecule has 0 fully saturated rings. The molecule has 1 amide bonds. The van der Waals surface area contributed by atoms with E-state index in [1.165, 1.54) is 17.1 Å². The molecule has 138 valence electrons. The van der Waals surface area contributed by atoms with Crippen LogP contribution in [-0.4, -0.2) is 23.2 Å². The lowest BCUT2D eigenvalue weighted by Gasteiger charge is -2.20. The summed E-state index contributed by atoms with van der Waals surface area (Å²) in [5.74, 6) is 0.270. The van der Waals surface area contributed by atoms with Crippen LogP contribution in [0.15, 0.2) is 68.9 Å². The minimum Gasteiger partial charge on any atom is -0.467 e. The molecule has 0 aliphatic carbocycles. The van der Waals surface area contributed by atoms with Gasteiger partial charge in [0.05, 0.1) is 29.8 Å². The summed E-state index contributed by atoms with van der Waals surface area (Å²) in [6, 6.07) is 11.3. The van der Waals surface area contributed by atoms with Crippen LogP contribution < -0.4 is 5.32 Å². The van der Waals surface area contributed by atoms with Crippen molar-refractivity contribution in [2.45, 2.75) is 12.5 Å². The van der Waals surface area contributed by atoms with Gasteiger partial charge in [-0.15, -0.1) is 0 Å². The van der Waals surface area contributed by atoms with E-state index in [0.29, 0.717) is 23.7 Å². The minimum atomic E-state index is -0.601. The number of hydrogen-bond acceptors (Lipinski definition) is 5. The van der Waals surface area contributed by atoms with Gasteiger partial charge in [-0.1, -0.05) is 17.7 Å². The van der Waals surface area contributed by atoms with Crippen LogP contribution in [0, 0.1) is 5.82 Å². The summed E-state index contributed by atoms with van der Waals surface area (Å²) < 4.78 is 24.9. The van der Waals surface area contributed by atoms with E-state index in [1.807, 2.05) is 0 Å². The highest BCUT2D eigenvalue weighted by Gasteiger charge is 2.35. The van der Waals surface area contributed by atoms with Gasteiger partial charge in [-0.05, 0) is 36.4 Å². The number of halogens is 2. The smallest absolute Gasteiger partial charge is 0.262 e. The highest BCUT2D eigenvalue weighted by molar-refractivity contribution is 6.31. The largest absolute Gasteiger partial charge is 0.467 e. The molecule has 27 heavy (non-hydrogen) atoms. The minimum absolute atomic E-state index is 0.0137. The Morgan fingerprint density at radius 2 is 2.04 bits per heavy atom. The van der Waals surface area contributed by atoms with E-state index >= 15 is 0 Å². The zero-order valence-electron chi connectivity index (χ0n) is 14.1. The number of nitrogens with zero attached hydrogens (tertiary/aromatic N) is 2. The van der Waals surface area contributed by atoms with Crippen molar-refractivity contribution in [2.24, 2.45) is 5.10 Å². The molecule has 4 rings (SSSR count). The fourth-order valence-corrected chi connectivity index (χ4v) is 3.10. The molecule has 0 spiro atoms. The maximum Gasteiger partial charge on any atom is 0.262 e. The van der Waals surface area contributed by atoms with Crippen LogP contribution in [-0.2, 0) is 4.79 Å². The number of carbonyl (C=O) groups is 1. The van der Waals surface area contributed by atoms with Crippen LogP contribution in [0.5, 0.6) is 0 Å². The molecule has 2 aromatic heterocycles. The second-order valence-corrected chi connectivity index (χ2v) is 6.36. The normalized spacial score (nSPS) is 16.4. The summed E-state index contributed by atoms with van der Waals surface area (Å²) in [6.07, 6.45) is 3.55. The SMILES string of the molecule is O=C(CNc1cccc(Cl)c1F)N1N=C(c2ccco2)C[C@@H]1c1ccco1. The lowest BCUT2D eigenvalue weighted by molar-refractivity contribution is -0.131. The van der Waals surface area contributed by atoms with Crippen LogP contribution in [0.2, 0.25) is 5.02 Å². The first kappa shape index (κ1) is 17.4. The Morgan fingerprint density at radius 3 is 2.78 bits per heavy atom. The van der Waals surface area contributed by atoms with Crippen molar-refractivity contribution in [3.05, 3.63) is 77.4 Å². The van der Waals surface area contributed by atoms with Gasteiger partial charge in [0.25, 0.3) is 5.91 Å². The van der Waals surface area contributed by atoms with E-state index in [2.05, 4.69) is 10.4 Å². The highest BCUT2D eigenvalue weighted by atomic mass is 35.5. The summed E-state index contributed by atoms with van der Waals surface area (Å²) >= 11 is 5.77. The second kappa shape index (κ2) is 7.28. The fraction of sp³-hybridized carbons (Fsp3) is 0.158. The Balaban J connectivity index is 1.54. The number of furan rings is 2. The molecule has 3 aromatic rings. The number of hydrogen-bond donors (Lipinski definition) is 1. The zero-order chi connectivity index (χ0) is 18.8. The standard InChI is InChI=1S/C19H15ClFN3O3/c20-12-4-1-5-13(19(12)21)22-11-18(25)24-15(17-7-3-9-27-17)10-14(23-24)16-6-2-8-26-16/h1-9,15,22H,10-11H2/t15-/m1/s1. The molecule has 1 atom stereocenters. The Kier molecular flexibility index (Phi) is 4.68. The van der Waals surface area contributed by atoms with Crippen molar-refractivity contribution < 1.29 is 18.0 Å². The average Bonchev–Trinajstić information content (AvgIpc) is 3.41. The van der Waals surface area contributed by atoms with Gasteiger partial charge in [0.1, 0.15) is 23.3 Å². The molecule has 8 heteroatoms. The number of carbonyl (C=O) groups excluding carboxylic acids is 1. The highest BCUT2D eigenvalue weighted by Crippen LogP contribution is 2.33. The van der Waals surface area contributed by atoms with Gasteiger partial charge in [0.15, 0.2) is 5.82 Å².